The maximum Gasteiger partial charge on any atom is 0.273 e. The van der Waals surface area contributed by atoms with Crippen LogP contribution in [0.3, 0.4) is 0 Å². The summed E-state index contributed by atoms with van der Waals surface area (Å²) < 4.78 is 73.4. The van der Waals surface area contributed by atoms with Gasteiger partial charge in [0.05, 0.1) is 29.0 Å². The highest BCUT2D eigenvalue weighted by Gasteiger charge is 2.44. The summed E-state index contributed by atoms with van der Waals surface area (Å²) in [5, 5.41) is 22.8. The Balaban J connectivity index is 1.60. The minimum atomic E-state index is -2.87. The predicted octanol–water partition coefficient (Wildman–Crippen LogP) is 2.32. The fourth-order valence-electron chi connectivity index (χ4n) is 4.00. The number of nitrogens with one attached hydrogen (secondary N) is 3. The van der Waals surface area contributed by atoms with Crippen molar-refractivity contribution in [1.82, 2.24) is 30.5 Å². The van der Waals surface area contributed by atoms with Crippen molar-refractivity contribution in [3.63, 3.8) is 0 Å². The summed E-state index contributed by atoms with van der Waals surface area (Å²) in [4.78, 5) is 27.3. The summed E-state index contributed by atoms with van der Waals surface area (Å²) in [5.41, 5.74) is 0.408. The average Bonchev–Trinajstić information content (AvgIpc) is 3.39. The van der Waals surface area contributed by atoms with Crippen LogP contribution >= 0.6 is 0 Å². The van der Waals surface area contributed by atoms with Crippen molar-refractivity contribution < 1.29 is 26.6 Å². The van der Waals surface area contributed by atoms with Gasteiger partial charge in [0.1, 0.15) is 23.4 Å². The molecule has 3 heterocycles. The standard InChI is InChI=1S/C22H23F2N9O2/c1-9-17-18(31-33(4)30-17)12-5-10(23)6-15(20(12)32(9)3)26-14-8-16(27-21(34)11-7-13(11)24)28-29-19(14)22(35)25-2/h5-6,8-9,11,13H,7H2,1-4H3,(H,25,35)(H2,26,27,28,34)/t9-,11+,13-/m1/s1/i2D3,4D3. The molecule has 1 aliphatic carbocycles. The quantitative estimate of drug-likeness (QED) is 0.498. The highest BCUT2D eigenvalue weighted by molar-refractivity contribution is 6.01. The maximum absolute atomic E-state index is 15.0. The smallest absolute Gasteiger partial charge is 0.273 e. The fraction of sp³-hybridized carbons (Fsp3) is 0.364. The Morgan fingerprint density at radius 1 is 1.20 bits per heavy atom. The summed E-state index contributed by atoms with van der Waals surface area (Å²) >= 11 is 0. The van der Waals surface area contributed by atoms with E-state index in [-0.39, 0.29) is 34.9 Å². The number of hydrogen-bond acceptors (Lipinski definition) is 8. The maximum atomic E-state index is 15.0. The molecule has 0 unspecified atom stereocenters. The number of amides is 2. The van der Waals surface area contributed by atoms with E-state index in [4.69, 9.17) is 8.22 Å². The number of anilines is 4. The molecule has 0 radical (unpaired) electrons. The highest BCUT2D eigenvalue weighted by atomic mass is 19.1. The van der Waals surface area contributed by atoms with Crippen molar-refractivity contribution in [2.24, 2.45) is 12.9 Å². The van der Waals surface area contributed by atoms with Gasteiger partial charge in [-0.1, -0.05) is 0 Å². The van der Waals surface area contributed by atoms with E-state index in [1.54, 1.807) is 24.2 Å². The molecule has 0 spiro atoms. The van der Waals surface area contributed by atoms with Gasteiger partial charge in [0, 0.05) is 40.9 Å². The van der Waals surface area contributed by atoms with E-state index in [0.29, 0.717) is 16.2 Å². The summed E-state index contributed by atoms with van der Waals surface area (Å²) in [6.07, 6.45) is -1.23. The SMILES string of the molecule is [2H]C([2H])([2H])NC(=O)c1nnc(NC(=O)[C@H]2C[C@H]2F)cc1Nc1cc(F)cc2c1N(C)[C@H](C)c1nn(C([2H])([2H])[2H])nc1-2. The van der Waals surface area contributed by atoms with E-state index in [2.05, 4.69) is 31.0 Å². The van der Waals surface area contributed by atoms with E-state index in [0.717, 1.165) is 12.1 Å². The van der Waals surface area contributed by atoms with Gasteiger partial charge >= 0.3 is 0 Å². The predicted molar refractivity (Wildman–Crippen MR) is 124 cm³/mol. The minimum Gasteiger partial charge on any atom is -0.364 e. The van der Waals surface area contributed by atoms with Crippen molar-refractivity contribution in [1.29, 1.82) is 0 Å². The van der Waals surface area contributed by atoms with Gasteiger partial charge in [-0.2, -0.15) is 15.0 Å². The Kier molecular flexibility index (Phi) is 3.88. The van der Waals surface area contributed by atoms with E-state index in [1.807, 2.05) is 0 Å². The van der Waals surface area contributed by atoms with Crippen molar-refractivity contribution in [3.05, 3.63) is 35.4 Å². The third-order valence-corrected chi connectivity index (χ3v) is 5.99. The van der Waals surface area contributed by atoms with Crippen molar-refractivity contribution >= 4 is 34.7 Å². The lowest BCUT2D eigenvalue weighted by molar-refractivity contribution is -0.117. The Bertz CT molecular complexity index is 1560. The fourth-order valence-corrected chi connectivity index (χ4v) is 4.00. The Morgan fingerprint density at radius 2 is 2.00 bits per heavy atom. The second-order valence-corrected chi connectivity index (χ2v) is 8.28. The van der Waals surface area contributed by atoms with Crippen LogP contribution in [0.4, 0.5) is 31.7 Å². The summed E-state index contributed by atoms with van der Waals surface area (Å²) in [6, 6.07) is 2.91. The first kappa shape index (κ1) is 16.5. The molecule has 3 N–H and O–H groups in total. The number of rotatable bonds is 5. The second kappa shape index (κ2) is 8.25. The molecule has 1 aliphatic heterocycles. The molecule has 3 atom stereocenters. The van der Waals surface area contributed by atoms with Crippen LogP contribution in [0.15, 0.2) is 18.2 Å². The molecular formula is C22H23F2N9O2. The van der Waals surface area contributed by atoms with Crippen molar-refractivity contribution in [3.8, 4) is 11.3 Å². The second-order valence-electron chi connectivity index (χ2n) is 8.28. The minimum absolute atomic E-state index is 0.0533. The van der Waals surface area contributed by atoms with Crippen LogP contribution in [-0.4, -0.2) is 57.2 Å². The molecule has 0 saturated heterocycles. The lowest BCUT2D eigenvalue weighted by Gasteiger charge is -2.34. The Morgan fingerprint density at radius 3 is 2.71 bits per heavy atom. The first-order valence-corrected chi connectivity index (χ1v) is 10.5. The van der Waals surface area contributed by atoms with Crippen LogP contribution in [0, 0.1) is 11.7 Å². The zero-order valence-electron chi connectivity index (χ0n) is 24.4. The number of carbonyl (C=O) groups excluding carboxylic acids is 2. The third kappa shape index (κ3) is 3.92. The topological polar surface area (TPSA) is 130 Å². The number of alkyl halides is 1. The largest absolute Gasteiger partial charge is 0.364 e. The number of nitrogens with zero attached hydrogens (tertiary/aromatic N) is 6. The monoisotopic (exact) mass is 489 g/mol. The molecule has 3 aromatic rings. The first-order chi connectivity index (χ1) is 19.0. The molecule has 1 fully saturated rings. The Labute approximate surface area is 207 Å². The molecular weight excluding hydrogens is 460 g/mol. The number of fused-ring (bicyclic) bond motifs is 3. The number of aryl methyl sites for hydroxylation is 1. The molecule has 1 saturated carbocycles. The van der Waals surface area contributed by atoms with Crippen LogP contribution in [0.1, 0.15) is 43.8 Å². The van der Waals surface area contributed by atoms with E-state index < -0.39 is 55.4 Å². The van der Waals surface area contributed by atoms with Gasteiger partial charge in [-0.25, -0.2) is 8.78 Å². The van der Waals surface area contributed by atoms with Crippen LogP contribution in [0.25, 0.3) is 11.3 Å². The van der Waals surface area contributed by atoms with E-state index in [1.165, 1.54) is 6.07 Å². The third-order valence-electron chi connectivity index (χ3n) is 5.99. The van der Waals surface area contributed by atoms with Crippen LogP contribution in [0.5, 0.6) is 0 Å². The lowest BCUT2D eigenvalue weighted by Crippen LogP contribution is -2.27. The molecule has 2 aliphatic rings. The Hall–Kier alpha value is -4.16. The van der Waals surface area contributed by atoms with Gasteiger partial charge in [-0.3, -0.25) is 9.59 Å². The number of halogens is 2. The van der Waals surface area contributed by atoms with Gasteiger partial charge in [0.15, 0.2) is 11.5 Å². The van der Waals surface area contributed by atoms with E-state index in [9.17, 15) is 18.4 Å². The van der Waals surface area contributed by atoms with E-state index >= 15 is 0 Å². The summed E-state index contributed by atoms with van der Waals surface area (Å²) in [5.74, 6) is -3.57. The molecule has 2 amide bonds. The molecule has 182 valence electrons. The first-order valence-electron chi connectivity index (χ1n) is 13.5. The van der Waals surface area contributed by atoms with Crippen LogP contribution in [0.2, 0.25) is 0 Å². The molecule has 5 rings (SSSR count). The van der Waals surface area contributed by atoms with Crippen molar-refractivity contribution in [2.75, 3.05) is 29.6 Å². The summed E-state index contributed by atoms with van der Waals surface area (Å²) in [6.45, 7) is -3.81. The van der Waals surface area contributed by atoms with Crippen LogP contribution < -0.4 is 20.9 Å². The van der Waals surface area contributed by atoms with Crippen LogP contribution in [-0.2, 0) is 11.8 Å². The molecule has 1 aromatic carbocycles. The lowest BCUT2D eigenvalue weighted by atomic mass is 9.96. The average molecular weight is 490 g/mol. The van der Waals surface area contributed by atoms with Gasteiger partial charge in [0.2, 0.25) is 5.91 Å². The number of benzene rings is 1. The highest BCUT2D eigenvalue weighted by Crippen LogP contribution is 2.47. The molecule has 0 bridgehead atoms. The number of hydrogen-bond donors (Lipinski definition) is 3. The number of carbonyl (C=O) groups is 2. The van der Waals surface area contributed by atoms with Gasteiger partial charge < -0.3 is 20.9 Å². The van der Waals surface area contributed by atoms with Gasteiger partial charge in [-0.15, -0.1) is 10.2 Å². The summed E-state index contributed by atoms with van der Waals surface area (Å²) in [7, 11) is 1.66. The normalized spacial score (nSPS) is 23.3. The van der Waals surface area contributed by atoms with Gasteiger partial charge in [-0.05, 0) is 25.5 Å². The zero-order valence-corrected chi connectivity index (χ0v) is 18.4. The molecule has 11 nitrogen and oxygen atoms in total. The molecule has 35 heavy (non-hydrogen) atoms. The number of aromatic nitrogens is 5. The molecule has 13 heteroatoms. The van der Waals surface area contributed by atoms with Crippen molar-refractivity contribution in [2.45, 2.75) is 25.6 Å². The zero-order chi connectivity index (χ0) is 30.0. The van der Waals surface area contributed by atoms with Gasteiger partial charge in [0.25, 0.3) is 5.91 Å². The molecule has 2 aromatic heterocycles.